The predicted octanol–water partition coefficient (Wildman–Crippen LogP) is 3.54. The maximum atomic E-state index is 13.5. The summed E-state index contributed by atoms with van der Waals surface area (Å²) in [7, 11) is 0. The van der Waals surface area contributed by atoms with E-state index in [4.69, 9.17) is 4.74 Å². The quantitative estimate of drug-likeness (QED) is 0.832. The third-order valence-electron chi connectivity index (χ3n) is 4.16. The van der Waals surface area contributed by atoms with E-state index in [0.29, 0.717) is 0 Å². The first-order chi connectivity index (χ1) is 11.9. The van der Waals surface area contributed by atoms with E-state index in [2.05, 4.69) is 5.32 Å². The number of carbonyl (C=O) groups is 2. The van der Waals surface area contributed by atoms with Crippen LogP contribution in [0.2, 0.25) is 0 Å². The molecular weight excluding hydrogens is 351 g/mol. The summed E-state index contributed by atoms with van der Waals surface area (Å²) in [6.07, 6.45) is -6.85. The van der Waals surface area contributed by atoms with Gasteiger partial charge in [-0.3, -0.25) is 4.79 Å². The molecule has 1 aromatic carbocycles. The van der Waals surface area contributed by atoms with Gasteiger partial charge in [-0.25, -0.2) is 4.79 Å². The molecule has 0 spiro atoms. The lowest BCUT2D eigenvalue weighted by atomic mass is 9.72. The number of aliphatic hydroxyl groups is 1. The number of hydrogen-bond acceptors (Lipinski definition) is 4. The summed E-state index contributed by atoms with van der Waals surface area (Å²) >= 11 is 0. The fourth-order valence-corrected chi connectivity index (χ4v) is 3.14. The Balaban J connectivity index is 2.57. The van der Waals surface area contributed by atoms with Gasteiger partial charge in [0.2, 0.25) is 0 Å². The zero-order valence-corrected chi connectivity index (χ0v) is 14.8. The number of ketones is 1. The standard InChI is InChI=1S/C18H22F3NO4/c1-16(2,3)26-15(25)22-17(10-6-9-13(23)14(17)24)11-7-4-5-8-12(11)18(19,20)21/h4-5,7-8,13,23H,6,9-10H2,1-3H3,(H,22,25)/t13-,17?/m1/s1. The lowest BCUT2D eigenvalue weighted by Gasteiger charge is -2.40. The molecule has 0 saturated heterocycles. The zero-order valence-electron chi connectivity index (χ0n) is 14.8. The molecule has 1 aliphatic rings. The molecule has 0 radical (unpaired) electrons. The Morgan fingerprint density at radius 3 is 2.46 bits per heavy atom. The Hall–Kier alpha value is -2.09. The average molecular weight is 373 g/mol. The normalized spacial score (nSPS) is 24.3. The van der Waals surface area contributed by atoms with Crippen molar-refractivity contribution in [1.82, 2.24) is 5.32 Å². The van der Waals surface area contributed by atoms with E-state index in [-0.39, 0.29) is 24.8 Å². The molecule has 1 unspecified atom stereocenters. The number of hydrogen-bond donors (Lipinski definition) is 2. The van der Waals surface area contributed by atoms with Crippen molar-refractivity contribution in [3.63, 3.8) is 0 Å². The molecule has 2 N–H and O–H groups in total. The molecule has 0 aliphatic heterocycles. The molecule has 5 nitrogen and oxygen atoms in total. The Bertz CT molecular complexity index is 696. The minimum absolute atomic E-state index is 0.0603. The number of ether oxygens (including phenoxy) is 1. The van der Waals surface area contributed by atoms with Crippen LogP contribution in [0.1, 0.15) is 51.2 Å². The van der Waals surface area contributed by atoms with Gasteiger partial charge in [0.1, 0.15) is 17.2 Å². The monoisotopic (exact) mass is 373 g/mol. The first kappa shape index (κ1) is 20.2. The summed E-state index contributed by atoms with van der Waals surface area (Å²) in [6, 6.07) is 4.56. The maximum absolute atomic E-state index is 13.5. The van der Waals surface area contributed by atoms with Crippen molar-refractivity contribution < 1.29 is 32.6 Å². The molecule has 1 fully saturated rings. The molecule has 1 amide bonds. The summed E-state index contributed by atoms with van der Waals surface area (Å²) < 4.78 is 45.6. The largest absolute Gasteiger partial charge is 0.444 e. The summed E-state index contributed by atoms with van der Waals surface area (Å²) in [4.78, 5) is 25.0. The first-order valence-corrected chi connectivity index (χ1v) is 8.27. The highest BCUT2D eigenvalue weighted by molar-refractivity contribution is 5.96. The van der Waals surface area contributed by atoms with Crippen LogP contribution >= 0.6 is 0 Å². The van der Waals surface area contributed by atoms with Gasteiger partial charge in [-0.1, -0.05) is 18.2 Å². The van der Waals surface area contributed by atoms with Crippen LogP contribution < -0.4 is 5.32 Å². The summed E-state index contributed by atoms with van der Waals surface area (Å²) in [5.41, 5.74) is -4.31. The van der Waals surface area contributed by atoms with Gasteiger partial charge in [0, 0.05) is 0 Å². The van der Waals surface area contributed by atoms with Crippen molar-refractivity contribution in [2.45, 2.75) is 63.5 Å². The highest BCUT2D eigenvalue weighted by Gasteiger charge is 2.51. The molecule has 8 heteroatoms. The molecule has 0 aromatic heterocycles. The van der Waals surface area contributed by atoms with E-state index >= 15 is 0 Å². The number of nitrogens with one attached hydrogen (secondary N) is 1. The van der Waals surface area contributed by atoms with Crippen LogP contribution in [0.15, 0.2) is 24.3 Å². The number of halogens is 3. The maximum Gasteiger partial charge on any atom is 0.416 e. The fourth-order valence-electron chi connectivity index (χ4n) is 3.14. The van der Waals surface area contributed by atoms with Crippen LogP contribution in [-0.2, 0) is 21.2 Å². The number of benzene rings is 1. The molecular formula is C18H22F3NO4. The van der Waals surface area contributed by atoms with Crippen LogP contribution in [0.25, 0.3) is 0 Å². The SMILES string of the molecule is CC(C)(C)OC(=O)NC1(c2ccccc2C(F)(F)F)CCC[C@@H](O)C1=O. The van der Waals surface area contributed by atoms with Crippen LogP contribution in [0.5, 0.6) is 0 Å². The molecule has 2 atom stereocenters. The Morgan fingerprint density at radius 2 is 1.88 bits per heavy atom. The van der Waals surface area contributed by atoms with Gasteiger partial charge < -0.3 is 15.2 Å². The molecule has 1 aromatic rings. The van der Waals surface area contributed by atoms with Crippen molar-refractivity contribution in [2.75, 3.05) is 0 Å². The fraction of sp³-hybridized carbons (Fsp3) is 0.556. The van der Waals surface area contributed by atoms with Crippen molar-refractivity contribution in [3.05, 3.63) is 35.4 Å². The van der Waals surface area contributed by atoms with Crippen molar-refractivity contribution in [3.8, 4) is 0 Å². The van der Waals surface area contributed by atoms with Crippen molar-refractivity contribution in [2.24, 2.45) is 0 Å². The third-order valence-corrected chi connectivity index (χ3v) is 4.16. The molecule has 0 heterocycles. The Morgan fingerprint density at radius 1 is 1.27 bits per heavy atom. The Kier molecular flexibility index (Phi) is 5.37. The van der Waals surface area contributed by atoms with Crippen LogP contribution in [0.4, 0.5) is 18.0 Å². The summed E-state index contributed by atoms with van der Waals surface area (Å²) in [5.74, 6) is -0.869. The highest BCUT2D eigenvalue weighted by Crippen LogP contribution is 2.42. The second kappa shape index (κ2) is 6.90. The minimum atomic E-state index is -4.72. The Labute approximate surface area is 149 Å². The molecule has 1 aliphatic carbocycles. The summed E-state index contributed by atoms with van der Waals surface area (Å²) in [6.45, 7) is 4.79. The van der Waals surface area contributed by atoms with E-state index in [1.165, 1.54) is 12.1 Å². The second-order valence-electron chi connectivity index (χ2n) is 7.35. The zero-order chi connectivity index (χ0) is 19.8. The van der Waals surface area contributed by atoms with Gasteiger partial charge >= 0.3 is 12.3 Å². The van der Waals surface area contributed by atoms with Gasteiger partial charge in [0.15, 0.2) is 5.78 Å². The van der Waals surface area contributed by atoms with Crippen LogP contribution in [0, 0.1) is 0 Å². The number of Topliss-reactive ketones (excluding diaryl/α,β-unsaturated/α-hetero) is 1. The van der Waals surface area contributed by atoms with Crippen molar-refractivity contribution in [1.29, 1.82) is 0 Å². The van der Waals surface area contributed by atoms with E-state index in [9.17, 15) is 27.9 Å². The molecule has 144 valence electrons. The lowest BCUT2D eigenvalue weighted by molar-refractivity contribution is -0.143. The summed E-state index contributed by atoms with van der Waals surface area (Å²) in [5, 5.41) is 12.3. The average Bonchev–Trinajstić information content (AvgIpc) is 2.49. The van der Waals surface area contributed by atoms with E-state index in [1.54, 1.807) is 20.8 Å². The molecule has 0 bridgehead atoms. The predicted molar refractivity (Wildman–Crippen MR) is 87.4 cm³/mol. The van der Waals surface area contributed by atoms with Gasteiger partial charge in [-0.15, -0.1) is 0 Å². The molecule has 26 heavy (non-hydrogen) atoms. The third kappa shape index (κ3) is 4.17. The van der Waals surface area contributed by atoms with Gasteiger partial charge in [-0.2, -0.15) is 13.2 Å². The second-order valence-corrected chi connectivity index (χ2v) is 7.35. The van der Waals surface area contributed by atoms with Gasteiger partial charge in [0.05, 0.1) is 5.56 Å². The van der Waals surface area contributed by atoms with Crippen LogP contribution in [0.3, 0.4) is 0 Å². The van der Waals surface area contributed by atoms with E-state index < -0.39 is 40.9 Å². The smallest absolute Gasteiger partial charge is 0.416 e. The number of carbonyl (C=O) groups excluding carboxylic acids is 2. The van der Waals surface area contributed by atoms with E-state index in [0.717, 1.165) is 12.1 Å². The number of amides is 1. The number of rotatable bonds is 2. The molecule has 1 saturated carbocycles. The van der Waals surface area contributed by atoms with E-state index in [1.807, 2.05) is 0 Å². The van der Waals surface area contributed by atoms with Gasteiger partial charge in [-0.05, 0) is 51.7 Å². The highest BCUT2D eigenvalue weighted by atomic mass is 19.4. The number of alkyl carbamates (subject to hydrolysis) is 1. The van der Waals surface area contributed by atoms with Gasteiger partial charge in [0.25, 0.3) is 0 Å². The first-order valence-electron chi connectivity index (χ1n) is 8.27. The molecule has 2 rings (SSSR count). The minimum Gasteiger partial charge on any atom is -0.444 e. The number of aliphatic hydroxyl groups excluding tert-OH is 1. The topological polar surface area (TPSA) is 75.6 Å². The van der Waals surface area contributed by atoms with Crippen LogP contribution in [-0.4, -0.2) is 28.7 Å². The lowest BCUT2D eigenvalue weighted by Crippen LogP contribution is -2.58. The van der Waals surface area contributed by atoms with Crippen molar-refractivity contribution >= 4 is 11.9 Å². The number of alkyl halides is 3.